The normalized spacial score (nSPS) is 11.4. The minimum atomic E-state index is -3.76. The largest absolute Gasteiger partial charge is 0.399 e. The number of nitrogens with two attached hydrogens (primary N) is 2. The number of primary sulfonamides is 1. The molecule has 0 spiro atoms. The van der Waals surface area contributed by atoms with Gasteiger partial charge in [0.2, 0.25) is 10.0 Å². The van der Waals surface area contributed by atoms with Crippen LogP contribution in [0.2, 0.25) is 0 Å². The number of rotatable bonds is 4. The summed E-state index contributed by atoms with van der Waals surface area (Å²) in [6.45, 7) is 0. The Balaban J connectivity index is 2.26. The van der Waals surface area contributed by atoms with Crippen LogP contribution >= 0.6 is 11.8 Å². The molecular formula is C13H14N2O2S2. The van der Waals surface area contributed by atoms with E-state index in [1.54, 1.807) is 12.1 Å². The van der Waals surface area contributed by atoms with E-state index in [9.17, 15) is 8.42 Å². The number of hydrogen-bond acceptors (Lipinski definition) is 4. The van der Waals surface area contributed by atoms with Gasteiger partial charge in [0.15, 0.2) is 0 Å². The smallest absolute Gasteiger partial charge is 0.239 e. The van der Waals surface area contributed by atoms with Crippen LogP contribution in [0.3, 0.4) is 0 Å². The van der Waals surface area contributed by atoms with Crippen molar-refractivity contribution in [2.24, 2.45) is 5.14 Å². The molecule has 0 unspecified atom stereocenters. The first-order chi connectivity index (χ1) is 8.97. The maximum atomic E-state index is 11.5. The predicted molar refractivity (Wildman–Crippen MR) is 78.2 cm³/mol. The molecule has 100 valence electrons. The summed E-state index contributed by atoms with van der Waals surface area (Å²) in [6.07, 6.45) is 0. The van der Waals surface area contributed by atoms with Crippen LogP contribution in [-0.2, 0) is 15.8 Å². The van der Waals surface area contributed by atoms with E-state index in [1.807, 2.05) is 30.3 Å². The van der Waals surface area contributed by atoms with Crippen LogP contribution in [0, 0.1) is 0 Å². The monoisotopic (exact) mass is 294 g/mol. The van der Waals surface area contributed by atoms with E-state index in [1.165, 1.54) is 17.8 Å². The molecule has 4 nitrogen and oxygen atoms in total. The molecule has 0 aromatic heterocycles. The molecule has 2 aromatic carbocycles. The SMILES string of the molecule is Nc1ccc(SCc2ccccc2)c(S(N)(=O)=O)c1. The summed E-state index contributed by atoms with van der Waals surface area (Å²) in [4.78, 5) is 0.689. The van der Waals surface area contributed by atoms with E-state index >= 15 is 0 Å². The molecule has 2 rings (SSSR count). The Hall–Kier alpha value is -1.50. The van der Waals surface area contributed by atoms with Crippen molar-refractivity contribution >= 4 is 27.5 Å². The van der Waals surface area contributed by atoms with E-state index in [0.717, 1.165) is 5.56 Å². The topological polar surface area (TPSA) is 86.2 Å². The highest BCUT2D eigenvalue weighted by Crippen LogP contribution is 2.30. The first kappa shape index (κ1) is 13.9. The van der Waals surface area contributed by atoms with Gasteiger partial charge in [-0.1, -0.05) is 30.3 Å². The Kier molecular flexibility index (Phi) is 4.14. The third-order valence-electron chi connectivity index (χ3n) is 2.51. The Morgan fingerprint density at radius 1 is 1.05 bits per heavy atom. The fraction of sp³-hybridized carbons (Fsp3) is 0.0769. The lowest BCUT2D eigenvalue weighted by atomic mass is 10.2. The van der Waals surface area contributed by atoms with Gasteiger partial charge in [0.25, 0.3) is 0 Å². The number of anilines is 1. The molecule has 0 radical (unpaired) electrons. The lowest BCUT2D eigenvalue weighted by Gasteiger charge is -2.08. The molecule has 0 fully saturated rings. The van der Waals surface area contributed by atoms with Crippen molar-refractivity contribution in [1.29, 1.82) is 0 Å². The maximum absolute atomic E-state index is 11.5. The number of sulfonamides is 1. The summed E-state index contributed by atoms with van der Waals surface area (Å²) >= 11 is 1.42. The second kappa shape index (κ2) is 5.64. The second-order valence-corrected chi connectivity index (χ2v) is 6.57. The Morgan fingerprint density at radius 3 is 2.37 bits per heavy atom. The van der Waals surface area contributed by atoms with Crippen molar-refractivity contribution in [2.75, 3.05) is 5.73 Å². The molecule has 0 amide bonds. The lowest BCUT2D eigenvalue weighted by molar-refractivity contribution is 0.596. The molecular weight excluding hydrogens is 280 g/mol. The van der Waals surface area contributed by atoms with Crippen molar-refractivity contribution in [3.63, 3.8) is 0 Å². The molecule has 0 saturated heterocycles. The van der Waals surface area contributed by atoms with Gasteiger partial charge in [0.1, 0.15) is 0 Å². The fourth-order valence-electron chi connectivity index (χ4n) is 1.60. The fourth-order valence-corrected chi connectivity index (χ4v) is 3.66. The standard InChI is InChI=1S/C13H14N2O2S2/c14-11-6-7-12(13(8-11)19(15,16)17)18-9-10-4-2-1-3-5-10/h1-8H,9,14H2,(H2,15,16,17). The minimum absolute atomic E-state index is 0.0773. The quantitative estimate of drug-likeness (QED) is 0.668. The van der Waals surface area contributed by atoms with Gasteiger partial charge in [0.05, 0.1) is 4.90 Å². The van der Waals surface area contributed by atoms with Crippen molar-refractivity contribution in [1.82, 2.24) is 0 Å². The van der Waals surface area contributed by atoms with Crippen molar-refractivity contribution < 1.29 is 8.42 Å². The molecule has 2 aromatic rings. The molecule has 0 aliphatic carbocycles. The first-order valence-electron chi connectivity index (χ1n) is 5.56. The molecule has 0 atom stereocenters. The van der Waals surface area contributed by atoms with Crippen molar-refractivity contribution in [2.45, 2.75) is 15.5 Å². The molecule has 0 heterocycles. The zero-order chi connectivity index (χ0) is 13.9. The molecule has 0 bridgehead atoms. The maximum Gasteiger partial charge on any atom is 0.239 e. The third kappa shape index (κ3) is 3.73. The van der Waals surface area contributed by atoms with Gasteiger partial charge >= 0.3 is 0 Å². The van der Waals surface area contributed by atoms with Crippen LogP contribution in [0.5, 0.6) is 0 Å². The summed E-state index contributed by atoms with van der Waals surface area (Å²) in [5.74, 6) is 0.674. The van der Waals surface area contributed by atoms with Crippen LogP contribution < -0.4 is 10.9 Å². The van der Waals surface area contributed by atoms with Crippen LogP contribution in [0.15, 0.2) is 58.3 Å². The highest BCUT2D eigenvalue weighted by atomic mass is 32.2. The Morgan fingerprint density at radius 2 is 1.74 bits per heavy atom. The molecule has 19 heavy (non-hydrogen) atoms. The number of thioether (sulfide) groups is 1. The Bertz CT molecular complexity index is 670. The van der Waals surface area contributed by atoms with E-state index < -0.39 is 10.0 Å². The van der Waals surface area contributed by atoms with Gasteiger partial charge in [-0.05, 0) is 23.8 Å². The predicted octanol–water partition coefficient (Wildman–Crippen LogP) is 2.21. The van der Waals surface area contributed by atoms with Crippen molar-refractivity contribution in [3.05, 3.63) is 54.1 Å². The van der Waals surface area contributed by atoms with Crippen LogP contribution in [-0.4, -0.2) is 8.42 Å². The highest BCUT2D eigenvalue weighted by Gasteiger charge is 2.14. The summed E-state index contributed by atoms with van der Waals surface area (Å²) in [7, 11) is -3.76. The minimum Gasteiger partial charge on any atom is -0.399 e. The van der Waals surface area contributed by atoms with Gasteiger partial charge in [-0.3, -0.25) is 0 Å². The molecule has 0 aliphatic heterocycles. The van der Waals surface area contributed by atoms with Gasteiger partial charge in [0, 0.05) is 16.3 Å². The number of benzene rings is 2. The van der Waals surface area contributed by atoms with Crippen LogP contribution in [0.25, 0.3) is 0 Å². The average molecular weight is 294 g/mol. The molecule has 4 N–H and O–H groups in total. The summed E-state index contributed by atoms with van der Waals surface area (Å²) < 4.78 is 23.1. The molecule has 0 aliphatic rings. The van der Waals surface area contributed by atoms with Gasteiger partial charge in [-0.25, -0.2) is 13.6 Å². The summed E-state index contributed by atoms with van der Waals surface area (Å²) in [5, 5.41) is 5.20. The molecule has 0 saturated carbocycles. The second-order valence-electron chi connectivity index (χ2n) is 4.03. The van der Waals surface area contributed by atoms with E-state index in [-0.39, 0.29) is 4.90 Å². The average Bonchev–Trinajstić information content (AvgIpc) is 2.37. The highest BCUT2D eigenvalue weighted by molar-refractivity contribution is 7.99. The van der Waals surface area contributed by atoms with Crippen LogP contribution in [0.4, 0.5) is 5.69 Å². The van der Waals surface area contributed by atoms with E-state index in [4.69, 9.17) is 10.9 Å². The van der Waals surface area contributed by atoms with E-state index in [0.29, 0.717) is 16.3 Å². The van der Waals surface area contributed by atoms with Gasteiger partial charge in [-0.15, -0.1) is 11.8 Å². The van der Waals surface area contributed by atoms with Gasteiger partial charge in [-0.2, -0.15) is 0 Å². The zero-order valence-electron chi connectivity index (χ0n) is 10.1. The van der Waals surface area contributed by atoms with E-state index in [2.05, 4.69) is 0 Å². The lowest BCUT2D eigenvalue weighted by Crippen LogP contribution is -2.13. The zero-order valence-corrected chi connectivity index (χ0v) is 11.7. The molecule has 6 heteroatoms. The number of nitrogen functional groups attached to an aromatic ring is 1. The first-order valence-corrected chi connectivity index (χ1v) is 8.09. The third-order valence-corrected chi connectivity index (χ3v) is 4.74. The summed E-state index contributed by atoms with van der Waals surface area (Å²) in [6, 6.07) is 14.5. The van der Waals surface area contributed by atoms with Gasteiger partial charge < -0.3 is 5.73 Å². The van der Waals surface area contributed by atoms with Crippen molar-refractivity contribution in [3.8, 4) is 0 Å². The van der Waals surface area contributed by atoms with Crippen LogP contribution in [0.1, 0.15) is 5.56 Å². The Labute approximate surface area is 116 Å². The number of hydrogen-bond donors (Lipinski definition) is 2. The summed E-state index contributed by atoms with van der Waals surface area (Å²) in [5.41, 5.74) is 7.10.